The van der Waals surface area contributed by atoms with Crippen molar-refractivity contribution in [2.24, 2.45) is 17.3 Å². The molecule has 4 unspecified atom stereocenters. The standard InChI is InChI=1S/C20H23FO2/c1-3-20(23)18(21)11-17-16-6-4-12-10-13(22)5-7-14(12)15(16)8-9-19(17,20)2/h1,5,7,10,15-18,22-23H,4,6,8-9,11H2,2H3/t15?,16?,17?,18?,19-,20-/m0/s1/i21-1. The maximum absolute atomic E-state index is 14.6. The topological polar surface area (TPSA) is 40.5 Å². The summed E-state index contributed by atoms with van der Waals surface area (Å²) >= 11 is 0. The molecular formula is C20H23FO2. The highest BCUT2D eigenvalue weighted by atomic mass is 18.2. The minimum atomic E-state index is -1.63. The molecule has 0 aliphatic heterocycles. The molecule has 2 saturated carbocycles. The van der Waals surface area contributed by atoms with Crippen LogP contribution in [0.3, 0.4) is 0 Å². The third kappa shape index (κ3) is 1.79. The Labute approximate surface area is 136 Å². The zero-order valence-corrected chi connectivity index (χ0v) is 13.4. The van der Waals surface area contributed by atoms with Crippen molar-refractivity contribution in [3.05, 3.63) is 29.3 Å². The molecule has 0 heterocycles. The first-order valence-corrected chi connectivity index (χ1v) is 8.56. The number of benzene rings is 1. The van der Waals surface area contributed by atoms with Crippen LogP contribution in [0.15, 0.2) is 18.2 Å². The molecule has 6 atom stereocenters. The van der Waals surface area contributed by atoms with Crippen LogP contribution in [-0.4, -0.2) is 22.0 Å². The van der Waals surface area contributed by atoms with Gasteiger partial charge in [-0.25, -0.2) is 4.39 Å². The van der Waals surface area contributed by atoms with E-state index in [0.29, 0.717) is 24.0 Å². The van der Waals surface area contributed by atoms with Crippen LogP contribution in [0.5, 0.6) is 5.75 Å². The van der Waals surface area contributed by atoms with Gasteiger partial charge in [0.1, 0.15) is 11.9 Å². The lowest BCUT2D eigenvalue weighted by Crippen LogP contribution is -2.52. The van der Waals surface area contributed by atoms with Gasteiger partial charge in [0.25, 0.3) is 0 Å². The number of aliphatic hydroxyl groups is 1. The second kappa shape index (κ2) is 4.74. The largest absolute Gasteiger partial charge is 0.508 e. The number of aromatic hydroxyl groups is 1. The first-order chi connectivity index (χ1) is 10.9. The lowest BCUT2D eigenvalue weighted by atomic mass is 9.53. The summed E-state index contributed by atoms with van der Waals surface area (Å²) in [5.74, 6) is 3.60. The van der Waals surface area contributed by atoms with Gasteiger partial charge in [0.05, 0.1) is 0 Å². The average molecular weight is 313 g/mol. The second-order valence-corrected chi connectivity index (χ2v) is 7.87. The van der Waals surface area contributed by atoms with E-state index in [-0.39, 0.29) is 5.92 Å². The van der Waals surface area contributed by atoms with Crippen molar-refractivity contribution in [1.82, 2.24) is 0 Å². The molecule has 3 heteroatoms. The highest BCUT2D eigenvalue weighted by Gasteiger charge is 2.65. The van der Waals surface area contributed by atoms with Crippen molar-refractivity contribution in [2.75, 3.05) is 0 Å². The summed E-state index contributed by atoms with van der Waals surface area (Å²) in [4.78, 5) is 0. The number of rotatable bonds is 0. The zero-order chi connectivity index (χ0) is 16.4. The van der Waals surface area contributed by atoms with E-state index in [4.69, 9.17) is 6.42 Å². The Morgan fingerprint density at radius 1 is 1.35 bits per heavy atom. The van der Waals surface area contributed by atoms with Crippen LogP contribution in [0.1, 0.15) is 49.7 Å². The predicted octanol–water partition coefficient (Wildman–Crippen LogP) is 3.56. The molecule has 23 heavy (non-hydrogen) atoms. The van der Waals surface area contributed by atoms with Crippen LogP contribution in [-0.2, 0) is 6.42 Å². The van der Waals surface area contributed by atoms with Gasteiger partial charge in [0, 0.05) is 5.41 Å². The summed E-state index contributed by atoms with van der Waals surface area (Å²) in [6, 6.07) is 5.64. The van der Waals surface area contributed by atoms with Gasteiger partial charge in [-0.3, -0.25) is 0 Å². The third-order valence-electron chi connectivity index (χ3n) is 7.10. The lowest BCUT2D eigenvalue weighted by molar-refractivity contribution is -0.0846. The maximum Gasteiger partial charge on any atom is 0.161 e. The van der Waals surface area contributed by atoms with E-state index in [9.17, 15) is 14.6 Å². The van der Waals surface area contributed by atoms with Crippen LogP contribution < -0.4 is 0 Å². The Kier molecular flexibility index (Phi) is 3.09. The van der Waals surface area contributed by atoms with Crippen LogP contribution in [0.25, 0.3) is 0 Å². The fourth-order valence-corrected chi connectivity index (χ4v) is 5.80. The normalized spacial score (nSPS) is 44.8. The molecule has 3 aliphatic carbocycles. The molecule has 1 aromatic carbocycles. The summed E-state index contributed by atoms with van der Waals surface area (Å²) in [6.45, 7) is 1.99. The molecule has 1 aromatic rings. The van der Waals surface area contributed by atoms with Gasteiger partial charge in [0.15, 0.2) is 5.60 Å². The number of terminal acetylenes is 1. The summed E-state index contributed by atoms with van der Waals surface area (Å²) in [5, 5.41) is 20.5. The van der Waals surface area contributed by atoms with Gasteiger partial charge in [-0.1, -0.05) is 18.9 Å². The Morgan fingerprint density at radius 2 is 2.13 bits per heavy atom. The molecule has 4 rings (SSSR count). The van der Waals surface area contributed by atoms with E-state index in [1.165, 1.54) is 11.1 Å². The van der Waals surface area contributed by atoms with Crippen LogP contribution in [0.4, 0.5) is 4.39 Å². The predicted molar refractivity (Wildman–Crippen MR) is 86.8 cm³/mol. The first-order valence-electron chi connectivity index (χ1n) is 8.56. The second-order valence-electron chi connectivity index (χ2n) is 7.87. The lowest BCUT2D eigenvalue weighted by Gasteiger charge is -2.51. The van der Waals surface area contributed by atoms with Crippen molar-refractivity contribution < 1.29 is 14.6 Å². The number of phenolic OH excluding ortho intramolecular Hbond substituents is 1. The summed E-state index contributed by atoms with van der Waals surface area (Å²) in [5.41, 5.74) is 0.360. The Bertz CT molecular complexity index is 693. The van der Waals surface area contributed by atoms with E-state index < -0.39 is 17.2 Å². The highest BCUT2D eigenvalue weighted by molar-refractivity contribution is 5.41. The molecule has 0 bridgehead atoms. The minimum absolute atomic E-state index is 0.124. The zero-order valence-electron chi connectivity index (χ0n) is 13.4. The van der Waals surface area contributed by atoms with E-state index >= 15 is 0 Å². The number of aryl methyl sites for hydroxylation is 1. The molecular weight excluding hydrogens is 290 g/mol. The van der Waals surface area contributed by atoms with Gasteiger partial charge in [0.2, 0.25) is 0 Å². The number of halogens is 1. The van der Waals surface area contributed by atoms with Gasteiger partial charge in [-0.05, 0) is 73.1 Å². The number of hydrogen-bond acceptors (Lipinski definition) is 2. The molecule has 0 aromatic heterocycles. The fraction of sp³-hybridized carbons (Fsp3) is 0.600. The molecule has 0 radical (unpaired) electrons. The number of phenols is 1. The molecule has 0 spiro atoms. The van der Waals surface area contributed by atoms with Crippen molar-refractivity contribution >= 4 is 0 Å². The van der Waals surface area contributed by atoms with E-state index in [0.717, 1.165) is 25.7 Å². The molecule has 3 aliphatic rings. The quantitative estimate of drug-likeness (QED) is 0.719. The molecule has 0 saturated heterocycles. The summed E-state index contributed by atoms with van der Waals surface area (Å²) < 4.78 is 14.6. The van der Waals surface area contributed by atoms with Crippen molar-refractivity contribution in [3.8, 4) is 18.1 Å². The van der Waals surface area contributed by atoms with Gasteiger partial charge < -0.3 is 10.2 Å². The third-order valence-corrected chi connectivity index (χ3v) is 7.10. The first kappa shape index (κ1) is 15.0. The number of alkyl halides is 1. The van der Waals surface area contributed by atoms with Gasteiger partial charge >= 0.3 is 0 Å². The van der Waals surface area contributed by atoms with Gasteiger partial charge in [-0.2, -0.15) is 0 Å². The summed E-state index contributed by atoms with van der Waals surface area (Å²) in [6.07, 6.45) is 8.14. The molecule has 2 fully saturated rings. The van der Waals surface area contributed by atoms with E-state index in [1.54, 1.807) is 6.07 Å². The molecule has 122 valence electrons. The van der Waals surface area contributed by atoms with Crippen LogP contribution in [0.2, 0.25) is 0 Å². The highest BCUT2D eigenvalue weighted by Crippen LogP contribution is 2.64. The van der Waals surface area contributed by atoms with Crippen molar-refractivity contribution in [1.29, 1.82) is 0 Å². The SMILES string of the molecule is C#C[C@]1(O)C([18F])CC2C3CCc4cc(O)ccc4C3CC[C@@]21C. The Morgan fingerprint density at radius 3 is 2.87 bits per heavy atom. The minimum Gasteiger partial charge on any atom is -0.508 e. The van der Waals surface area contributed by atoms with E-state index in [2.05, 4.69) is 5.92 Å². The monoisotopic (exact) mass is 313 g/mol. The average Bonchev–Trinajstić information content (AvgIpc) is 2.75. The van der Waals surface area contributed by atoms with Crippen molar-refractivity contribution in [2.45, 2.75) is 56.7 Å². The van der Waals surface area contributed by atoms with Crippen LogP contribution in [0, 0.1) is 29.6 Å². The molecule has 2 N–H and O–H groups in total. The van der Waals surface area contributed by atoms with Gasteiger partial charge in [-0.15, -0.1) is 6.42 Å². The van der Waals surface area contributed by atoms with E-state index in [1.807, 2.05) is 19.1 Å². The van der Waals surface area contributed by atoms with Crippen LogP contribution >= 0.6 is 0 Å². The number of hydrogen-bond donors (Lipinski definition) is 2. The molecule has 0 amide bonds. The Balaban J connectivity index is 1.74. The summed E-state index contributed by atoms with van der Waals surface area (Å²) in [7, 11) is 0. The van der Waals surface area contributed by atoms with Crippen molar-refractivity contribution in [3.63, 3.8) is 0 Å². The molecule has 2 nitrogen and oxygen atoms in total. The number of fused-ring (bicyclic) bond motifs is 5. The fourth-order valence-electron chi connectivity index (χ4n) is 5.80. The smallest absolute Gasteiger partial charge is 0.161 e. The maximum atomic E-state index is 14.6. The Hall–Kier alpha value is -1.53.